The number of hydrogen-bond acceptors (Lipinski definition) is 6. The molecule has 3 amide bonds. The van der Waals surface area contributed by atoms with Gasteiger partial charge in [-0.3, -0.25) is 19.8 Å². The van der Waals surface area contributed by atoms with Crippen molar-refractivity contribution in [1.82, 2.24) is 15.5 Å². The molecule has 1 aromatic heterocycles. The van der Waals surface area contributed by atoms with Gasteiger partial charge in [-0.1, -0.05) is 31.2 Å². The molecule has 38 heavy (non-hydrogen) atoms. The number of nitrogen functional groups attached to an aromatic ring is 1. The SMILES string of the molecule is CC1C2CC(C(=O)NCc3cc(C(=N)N)cs3)N(C(=O)CNC(=O)c3cccc(Oc4ccccc4)c3)C12. The van der Waals surface area contributed by atoms with Crippen LogP contribution in [0.4, 0.5) is 0 Å². The molecule has 5 N–H and O–H groups in total. The third-order valence-corrected chi connectivity index (χ3v) is 8.07. The highest BCUT2D eigenvalue weighted by molar-refractivity contribution is 7.10. The summed E-state index contributed by atoms with van der Waals surface area (Å²) < 4.78 is 5.80. The molecule has 9 nitrogen and oxygen atoms in total. The highest BCUT2D eigenvalue weighted by atomic mass is 32.1. The van der Waals surface area contributed by atoms with Crippen molar-refractivity contribution in [2.75, 3.05) is 6.54 Å². The predicted molar refractivity (Wildman–Crippen MR) is 144 cm³/mol. The molecule has 0 radical (unpaired) electrons. The van der Waals surface area contributed by atoms with Crippen LogP contribution in [0.3, 0.4) is 0 Å². The summed E-state index contributed by atoms with van der Waals surface area (Å²) in [5, 5.41) is 14.9. The first-order valence-electron chi connectivity index (χ1n) is 12.4. The third kappa shape index (κ3) is 5.40. The van der Waals surface area contributed by atoms with E-state index < -0.39 is 11.9 Å². The largest absolute Gasteiger partial charge is 0.457 e. The molecule has 0 bridgehead atoms. The number of piperidine rings is 1. The highest BCUT2D eigenvalue weighted by Crippen LogP contribution is 2.53. The highest BCUT2D eigenvalue weighted by Gasteiger charge is 2.61. The zero-order valence-corrected chi connectivity index (χ0v) is 21.7. The van der Waals surface area contributed by atoms with Crippen LogP contribution in [0.15, 0.2) is 66.0 Å². The van der Waals surface area contributed by atoms with Crippen molar-refractivity contribution in [3.8, 4) is 11.5 Å². The number of thiophene rings is 1. The second-order valence-corrected chi connectivity index (χ2v) is 10.6. The average molecular weight is 532 g/mol. The van der Waals surface area contributed by atoms with E-state index in [2.05, 4.69) is 17.6 Å². The molecule has 2 aromatic carbocycles. The monoisotopic (exact) mass is 531 g/mol. The van der Waals surface area contributed by atoms with Crippen LogP contribution in [0.2, 0.25) is 0 Å². The number of carbonyl (C=O) groups is 3. The van der Waals surface area contributed by atoms with Gasteiger partial charge in [0.15, 0.2) is 0 Å². The van der Waals surface area contributed by atoms with Crippen molar-refractivity contribution in [1.29, 1.82) is 5.41 Å². The van der Waals surface area contributed by atoms with Crippen molar-refractivity contribution in [2.24, 2.45) is 17.6 Å². The van der Waals surface area contributed by atoms with E-state index in [1.807, 2.05) is 30.3 Å². The lowest BCUT2D eigenvalue weighted by Gasteiger charge is -2.28. The zero-order valence-electron chi connectivity index (χ0n) is 20.8. The zero-order chi connectivity index (χ0) is 26.8. The van der Waals surface area contributed by atoms with Crippen LogP contribution in [0.25, 0.3) is 0 Å². The van der Waals surface area contributed by atoms with Gasteiger partial charge >= 0.3 is 0 Å². The van der Waals surface area contributed by atoms with Gasteiger partial charge in [-0.05, 0) is 54.7 Å². The van der Waals surface area contributed by atoms with Crippen molar-refractivity contribution < 1.29 is 19.1 Å². The summed E-state index contributed by atoms with van der Waals surface area (Å²) in [6, 6.07) is 17.3. The molecule has 1 aliphatic heterocycles. The fraction of sp³-hybridized carbons (Fsp3) is 0.286. The van der Waals surface area contributed by atoms with Gasteiger partial charge in [-0.15, -0.1) is 11.3 Å². The molecule has 4 unspecified atom stereocenters. The number of nitrogens with one attached hydrogen (secondary N) is 3. The average Bonchev–Trinajstić information content (AvgIpc) is 3.28. The number of nitrogens with zero attached hydrogens (tertiary/aromatic N) is 1. The minimum absolute atomic E-state index is 0.0158. The van der Waals surface area contributed by atoms with Crippen molar-refractivity contribution in [2.45, 2.75) is 32.0 Å². The first-order valence-corrected chi connectivity index (χ1v) is 13.3. The number of ether oxygens (including phenoxy) is 1. The van der Waals surface area contributed by atoms with Crippen molar-refractivity contribution in [3.05, 3.63) is 82.0 Å². The lowest BCUT2D eigenvalue weighted by atomic mass is 10.1. The Morgan fingerprint density at radius 2 is 1.82 bits per heavy atom. The molecule has 1 saturated carbocycles. The summed E-state index contributed by atoms with van der Waals surface area (Å²) in [5.41, 5.74) is 6.52. The minimum atomic E-state index is -0.569. The predicted octanol–water partition coefficient (Wildman–Crippen LogP) is 3.11. The maximum absolute atomic E-state index is 13.2. The Bertz CT molecular complexity index is 1370. The molecule has 1 aliphatic carbocycles. The number of para-hydroxylation sites is 1. The second-order valence-electron chi connectivity index (χ2n) is 9.62. The van der Waals surface area contributed by atoms with Gasteiger partial charge in [0.05, 0.1) is 13.1 Å². The van der Waals surface area contributed by atoms with Crippen LogP contribution < -0.4 is 21.1 Å². The lowest BCUT2D eigenvalue weighted by Crippen LogP contribution is -2.51. The number of rotatable bonds is 9. The Balaban J connectivity index is 1.18. The Morgan fingerprint density at radius 3 is 2.55 bits per heavy atom. The minimum Gasteiger partial charge on any atom is -0.457 e. The molecule has 2 heterocycles. The fourth-order valence-corrected chi connectivity index (χ4v) is 5.89. The van der Waals surface area contributed by atoms with Gasteiger partial charge in [-0.25, -0.2) is 0 Å². The fourth-order valence-electron chi connectivity index (χ4n) is 5.07. The van der Waals surface area contributed by atoms with Gasteiger partial charge in [0.1, 0.15) is 23.4 Å². The number of hydrogen-bond donors (Lipinski definition) is 4. The van der Waals surface area contributed by atoms with Crippen LogP contribution in [0, 0.1) is 17.2 Å². The Hall–Kier alpha value is -4.18. The Morgan fingerprint density at radius 1 is 1.05 bits per heavy atom. The maximum atomic E-state index is 13.2. The summed E-state index contributed by atoms with van der Waals surface area (Å²) in [4.78, 5) is 41.6. The van der Waals surface area contributed by atoms with Crippen LogP contribution in [0.5, 0.6) is 11.5 Å². The Kier molecular flexibility index (Phi) is 7.15. The normalized spacial score (nSPS) is 21.3. The van der Waals surface area contributed by atoms with Crippen LogP contribution in [-0.4, -0.2) is 47.1 Å². The molecular weight excluding hydrogens is 502 g/mol. The summed E-state index contributed by atoms with van der Waals surface area (Å²) in [5.74, 6) is 0.903. The van der Waals surface area contributed by atoms with Crippen LogP contribution in [0.1, 0.15) is 34.1 Å². The summed E-state index contributed by atoms with van der Waals surface area (Å²) in [6.45, 7) is 2.18. The molecule has 4 atom stereocenters. The van der Waals surface area contributed by atoms with E-state index in [4.69, 9.17) is 15.9 Å². The molecular formula is C28H29N5O4S. The molecule has 1 saturated heterocycles. The standard InChI is InChI=1S/C28H29N5O4S/c1-16-22-12-23(28(36)31-13-21-11-18(15-38-21)26(29)30)33(25(16)22)24(34)14-32-27(35)17-6-5-9-20(10-17)37-19-7-3-2-4-8-19/h2-11,15-16,22-23,25H,12-14H2,1H3,(H3,29,30)(H,31,36)(H,32,35). The smallest absolute Gasteiger partial charge is 0.251 e. The number of carbonyl (C=O) groups excluding carboxylic acids is 3. The second kappa shape index (κ2) is 10.7. The van der Waals surface area contributed by atoms with Gasteiger partial charge in [0, 0.05) is 27.4 Å². The van der Waals surface area contributed by atoms with E-state index in [-0.39, 0.29) is 30.2 Å². The van der Waals surface area contributed by atoms with Gasteiger partial charge in [-0.2, -0.15) is 0 Å². The van der Waals surface area contributed by atoms with E-state index in [1.165, 1.54) is 11.3 Å². The summed E-state index contributed by atoms with van der Waals surface area (Å²) >= 11 is 1.42. The van der Waals surface area contributed by atoms with Gasteiger partial charge in [0.25, 0.3) is 5.91 Å². The number of benzene rings is 2. The van der Waals surface area contributed by atoms with Crippen molar-refractivity contribution >= 4 is 34.9 Å². The van der Waals surface area contributed by atoms with Gasteiger partial charge < -0.3 is 26.0 Å². The lowest BCUT2D eigenvalue weighted by molar-refractivity contribution is -0.139. The quantitative estimate of drug-likeness (QED) is 0.248. The van der Waals surface area contributed by atoms with E-state index in [0.717, 1.165) is 4.88 Å². The number of nitrogens with two attached hydrogens (primary N) is 1. The number of amides is 3. The number of likely N-dealkylation sites (tertiary alicyclic amines) is 1. The first kappa shape index (κ1) is 25.5. The van der Waals surface area contributed by atoms with E-state index in [0.29, 0.717) is 47.4 Å². The van der Waals surface area contributed by atoms with Crippen molar-refractivity contribution in [3.63, 3.8) is 0 Å². The maximum Gasteiger partial charge on any atom is 0.251 e. The van der Waals surface area contributed by atoms with Gasteiger partial charge in [0.2, 0.25) is 11.8 Å². The molecule has 10 heteroatoms. The van der Waals surface area contributed by atoms with E-state index in [9.17, 15) is 14.4 Å². The van der Waals surface area contributed by atoms with Crippen LogP contribution >= 0.6 is 11.3 Å². The number of amidine groups is 1. The molecule has 196 valence electrons. The summed E-state index contributed by atoms with van der Waals surface area (Å²) in [7, 11) is 0. The topological polar surface area (TPSA) is 138 Å². The van der Waals surface area contributed by atoms with Crippen LogP contribution in [-0.2, 0) is 16.1 Å². The molecule has 2 aliphatic rings. The molecule has 2 fully saturated rings. The molecule has 3 aromatic rings. The Labute approximate surface area is 224 Å². The summed E-state index contributed by atoms with van der Waals surface area (Å²) in [6.07, 6.45) is 0.610. The molecule has 0 spiro atoms. The first-order chi connectivity index (χ1) is 18.3. The third-order valence-electron chi connectivity index (χ3n) is 7.13. The number of fused-ring (bicyclic) bond motifs is 1. The van der Waals surface area contributed by atoms with E-state index >= 15 is 0 Å². The molecule has 5 rings (SSSR count). The van der Waals surface area contributed by atoms with E-state index in [1.54, 1.807) is 40.6 Å².